The first-order valence-corrected chi connectivity index (χ1v) is 7.95. The fraction of sp³-hybridized carbons (Fsp3) is 0.500. The summed E-state index contributed by atoms with van der Waals surface area (Å²) in [5.41, 5.74) is 0.986. The molecule has 7 heteroatoms. The maximum atomic E-state index is 12.2. The predicted molar refractivity (Wildman–Crippen MR) is 87.5 cm³/mol. The highest BCUT2D eigenvalue weighted by Crippen LogP contribution is 2.20. The lowest BCUT2D eigenvalue weighted by molar-refractivity contribution is 0.395. The van der Waals surface area contributed by atoms with Crippen LogP contribution in [-0.2, 0) is 11.0 Å². The van der Waals surface area contributed by atoms with Crippen molar-refractivity contribution in [2.75, 3.05) is 7.11 Å². The van der Waals surface area contributed by atoms with Crippen LogP contribution in [0.3, 0.4) is 0 Å². The highest BCUT2D eigenvalue weighted by Gasteiger charge is 2.21. The van der Waals surface area contributed by atoms with Crippen LogP contribution in [0.25, 0.3) is 0 Å². The summed E-state index contributed by atoms with van der Waals surface area (Å²) in [6.45, 7) is 9.26. The van der Waals surface area contributed by atoms with Gasteiger partial charge in [-0.15, -0.1) is 6.58 Å². The van der Waals surface area contributed by atoms with Crippen molar-refractivity contribution in [3.63, 3.8) is 0 Å². The van der Waals surface area contributed by atoms with Gasteiger partial charge in [-0.25, -0.2) is 9.19 Å². The summed E-state index contributed by atoms with van der Waals surface area (Å²) in [6, 6.07) is 0. The first-order valence-electron chi connectivity index (χ1n) is 6.47. The van der Waals surface area contributed by atoms with E-state index in [1.807, 2.05) is 20.8 Å². The van der Waals surface area contributed by atoms with E-state index in [1.165, 1.54) is 13.3 Å². The summed E-state index contributed by atoms with van der Waals surface area (Å²) >= 11 is 6.12. The number of hydrogen-bond donors (Lipinski definition) is 0. The Bertz CT molecular complexity index is 568. The second kappa shape index (κ2) is 7.66. The van der Waals surface area contributed by atoms with Gasteiger partial charge in [0, 0.05) is 0 Å². The molecule has 0 saturated heterocycles. The largest absolute Gasteiger partial charge is 0.480 e. The molecule has 0 aliphatic rings. The molecule has 0 spiro atoms. The van der Waals surface area contributed by atoms with Crippen molar-refractivity contribution in [1.82, 2.24) is 9.97 Å². The minimum absolute atomic E-state index is 0.183. The van der Waals surface area contributed by atoms with Gasteiger partial charge in [-0.05, 0) is 33.6 Å². The van der Waals surface area contributed by atoms with Crippen LogP contribution >= 0.6 is 11.6 Å². The highest BCUT2D eigenvalue weighted by molar-refractivity contribution is 7.85. The second-order valence-electron chi connectivity index (χ2n) is 5.28. The molecule has 116 valence electrons. The molecule has 0 fully saturated rings. The zero-order chi connectivity index (χ0) is 16.0. The fourth-order valence-electron chi connectivity index (χ4n) is 1.33. The first-order chi connectivity index (χ1) is 9.79. The van der Waals surface area contributed by atoms with Gasteiger partial charge in [0.15, 0.2) is 5.15 Å². The quantitative estimate of drug-likeness (QED) is 0.593. The van der Waals surface area contributed by atoms with Gasteiger partial charge < -0.3 is 4.74 Å². The number of rotatable bonds is 6. The first kappa shape index (κ1) is 17.8. The monoisotopic (exact) mass is 329 g/mol. The van der Waals surface area contributed by atoms with Gasteiger partial charge >= 0.3 is 0 Å². The number of allylic oxidation sites excluding steroid dienone is 1. The number of ether oxygens (including phenoxy) is 1. The van der Waals surface area contributed by atoms with E-state index >= 15 is 0 Å². The Balaban J connectivity index is 3.22. The Kier molecular flexibility index (Phi) is 6.48. The summed E-state index contributed by atoms with van der Waals surface area (Å²) in [4.78, 5) is 8.28. The van der Waals surface area contributed by atoms with Crippen LogP contribution in [0.1, 0.15) is 39.3 Å². The molecule has 1 aromatic rings. The van der Waals surface area contributed by atoms with Crippen LogP contribution in [0.15, 0.2) is 23.2 Å². The van der Waals surface area contributed by atoms with Crippen molar-refractivity contribution >= 4 is 28.3 Å². The average Bonchev–Trinajstić information content (AvgIpc) is 2.42. The van der Waals surface area contributed by atoms with Crippen molar-refractivity contribution in [2.45, 2.75) is 38.4 Å². The minimum Gasteiger partial charge on any atom is -0.480 e. The standard InChI is InChI=1S/C14H20ClN3O2S/c1-6-7-8-10(18-21(19)14(2,3)4)12-13(15)17-11(20-5)9-16-12/h6,9H,1,7-8H2,2-5H3/t21-/m0/s1. The lowest BCUT2D eigenvalue weighted by Crippen LogP contribution is -2.21. The van der Waals surface area contributed by atoms with Crippen LogP contribution in [0, 0.1) is 0 Å². The predicted octanol–water partition coefficient (Wildman–Crippen LogP) is 3.36. The maximum absolute atomic E-state index is 12.2. The summed E-state index contributed by atoms with van der Waals surface area (Å²) in [5.74, 6) is 0.323. The normalized spacial score (nSPS) is 13.9. The van der Waals surface area contributed by atoms with Crippen LogP contribution in [0.2, 0.25) is 5.15 Å². The van der Waals surface area contributed by atoms with Crippen LogP contribution < -0.4 is 4.74 Å². The molecule has 0 aliphatic heterocycles. The Morgan fingerprint density at radius 1 is 1.57 bits per heavy atom. The molecule has 1 heterocycles. The molecule has 21 heavy (non-hydrogen) atoms. The third kappa shape index (κ3) is 5.21. The van der Waals surface area contributed by atoms with Gasteiger partial charge in [-0.2, -0.15) is 9.38 Å². The summed E-state index contributed by atoms with van der Waals surface area (Å²) in [5, 5.41) is 0.183. The fourth-order valence-corrected chi connectivity index (χ4v) is 2.22. The van der Waals surface area contributed by atoms with Crippen molar-refractivity contribution < 1.29 is 8.95 Å². The van der Waals surface area contributed by atoms with Gasteiger partial charge in [0.2, 0.25) is 5.88 Å². The molecular formula is C14H20ClN3O2S. The van der Waals surface area contributed by atoms with Crippen molar-refractivity contribution in [3.8, 4) is 5.88 Å². The molecule has 1 aromatic heterocycles. The van der Waals surface area contributed by atoms with E-state index in [4.69, 9.17) is 16.3 Å². The number of nitrogens with zero attached hydrogens (tertiary/aromatic N) is 3. The number of aromatic nitrogens is 2. The smallest absolute Gasteiger partial charge is 0.233 e. The van der Waals surface area contributed by atoms with Gasteiger partial charge in [0.1, 0.15) is 16.7 Å². The molecule has 0 bridgehead atoms. The Morgan fingerprint density at radius 3 is 2.71 bits per heavy atom. The molecule has 0 saturated carbocycles. The third-order valence-electron chi connectivity index (χ3n) is 2.49. The topological polar surface area (TPSA) is 64.4 Å². The molecule has 0 unspecified atom stereocenters. The Labute approximate surface area is 133 Å². The van der Waals surface area contributed by atoms with Crippen LogP contribution in [-0.4, -0.2) is 31.7 Å². The lowest BCUT2D eigenvalue weighted by atomic mass is 10.1. The average molecular weight is 330 g/mol. The number of halogens is 1. The van der Waals surface area contributed by atoms with E-state index in [1.54, 1.807) is 6.08 Å². The lowest BCUT2D eigenvalue weighted by Gasteiger charge is -2.15. The Hall–Kier alpha value is -1.27. The molecule has 1 atom stereocenters. The summed E-state index contributed by atoms with van der Waals surface area (Å²) < 4.78 is 21.0. The van der Waals surface area contributed by atoms with Gasteiger partial charge in [0.25, 0.3) is 0 Å². The van der Waals surface area contributed by atoms with E-state index in [0.29, 0.717) is 30.1 Å². The maximum Gasteiger partial charge on any atom is 0.233 e. The highest BCUT2D eigenvalue weighted by atomic mass is 35.5. The third-order valence-corrected chi connectivity index (χ3v) is 4.19. The minimum atomic E-state index is -1.39. The van der Waals surface area contributed by atoms with Crippen LogP contribution in [0.4, 0.5) is 0 Å². The van der Waals surface area contributed by atoms with Crippen molar-refractivity contribution in [1.29, 1.82) is 0 Å². The molecule has 0 amide bonds. The number of methoxy groups -OCH3 is 1. The second-order valence-corrected chi connectivity index (χ2v) is 7.54. The molecule has 0 N–H and O–H groups in total. The Morgan fingerprint density at radius 2 is 2.24 bits per heavy atom. The van der Waals surface area contributed by atoms with E-state index in [-0.39, 0.29) is 5.15 Å². The molecule has 5 nitrogen and oxygen atoms in total. The zero-order valence-electron chi connectivity index (χ0n) is 12.7. The van der Waals surface area contributed by atoms with E-state index in [2.05, 4.69) is 20.9 Å². The molecule has 0 aliphatic carbocycles. The molecule has 1 rings (SSSR count). The van der Waals surface area contributed by atoms with Gasteiger partial charge in [-0.3, -0.25) is 0 Å². The summed E-state index contributed by atoms with van der Waals surface area (Å²) in [7, 11) is 0.0967. The SMILES string of the molecule is C=CCCC(=N[S@@](=O)C(C)(C)C)c1ncc(OC)nc1Cl. The number of hydrogen-bond acceptors (Lipinski definition) is 4. The molecular weight excluding hydrogens is 310 g/mol. The van der Waals surface area contributed by atoms with E-state index in [0.717, 1.165) is 0 Å². The molecule has 0 radical (unpaired) electrons. The molecule has 0 aromatic carbocycles. The van der Waals surface area contributed by atoms with Crippen molar-refractivity contribution in [2.24, 2.45) is 4.40 Å². The van der Waals surface area contributed by atoms with E-state index < -0.39 is 15.7 Å². The van der Waals surface area contributed by atoms with Gasteiger partial charge in [-0.1, -0.05) is 17.7 Å². The van der Waals surface area contributed by atoms with E-state index in [9.17, 15) is 4.21 Å². The van der Waals surface area contributed by atoms with Crippen LogP contribution in [0.5, 0.6) is 5.88 Å². The van der Waals surface area contributed by atoms with Gasteiger partial charge in [0.05, 0.1) is 23.8 Å². The summed E-state index contributed by atoms with van der Waals surface area (Å²) in [6.07, 6.45) is 4.46. The van der Waals surface area contributed by atoms with Crippen molar-refractivity contribution in [3.05, 3.63) is 29.7 Å². The zero-order valence-corrected chi connectivity index (χ0v) is 14.3.